The fourth-order valence-electron chi connectivity index (χ4n) is 11.4. The monoisotopic (exact) mass is 1290 g/mol. The maximum Gasteiger partial charge on any atom is 0.195 e. The van der Waals surface area contributed by atoms with Gasteiger partial charge in [0, 0.05) is 71.1 Å². The summed E-state index contributed by atoms with van der Waals surface area (Å²) in [6.07, 6.45) is -37.5. The Labute approximate surface area is 511 Å². The Hall–Kier alpha value is -1.36. The van der Waals surface area contributed by atoms with Crippen LogP contribution in [0.2, 0.25) is 0 Å². The van der Waals surface area contributed by atoms with Gasteiger partial charge in [0.2, 0.25) is 0 Å². The van der Waals surface area contributed by atoms with E-state index in [0.29, 0.717) is 0 Å². The second-order valence-electron chi connectivity index (χ2n) is 22.6. The zero-order valence-corrected chi connectivity index (χ0v) is 52.3. The van der Waals surface area contributed by atoms with Gasteiger partial charge >= 0.3 is 0 Å². The van der Waals surface area contributed by atoms with Crippen LogP contribution in [0.15, 0.2) is 0 Å². The first kappa shape index (κ1) is 77.3. The van der Waals surface area contributed by atoms with Crippen molar-refractivity contribution >= 4 is 0 Å². The molecule has 0 radical (unpaired) electrons. The summed E-state index contributed by atoms with van der Waals surface area (Å²) in [6.45, 7) is 5.37. The molecule has 520 valence electrons. The molecule has 6 saturated heterocycles. The summed E-state index contributed by atoms with van der Waals surface area (Å²) in [4.78, 5) is 0. The molecular weight excluding hydrogens is 1190 g/mol. The minimum Gasteiger partial charge on any atom is -0.391 e. The molecule has 6 aliphatic rings. The molecule has 0 saturated carbocycles. The van der Waals surface area contributed by atoms with Crippen molar-refractivity contribution in [3.8, 4) is 0 Å². The smallest absolute Gasteiger partial charge is 0.195 e. The van der Waals surface area contributed by atoms with E-state index in [9.17, 15) is 61.3 Å². The van der Waals surface area contributed by atoms with Crippen LogP contribution >= 0.6 is 0 Å². The Kier molecular flexibility index (Phi) is 31.6. The molecule has 6 heterocycles. The summed E-state index contributed by atoms with van der Waals surface area (Å²) in [5.41, 5.74) is 0. The molecule has 34 nitrogen and oxygen atoms in total. The summed E-state index contributed by atoms with van der Waals surface area (Å²) in [6, 6.07) is 0. The maximum atomic E-state index is 12.0. The van der Waals surface area contributed by atoms with Crippen LogP contribution in [-0.4, -0.2) is 381 Å². The van der Waals surface area contributed by atoms with Gasteiger partial charge in [-0.1, -0.05) is 0 Å². The van der Waals surface area contributed by atoms with Gasteiger partial charge in [-0.15, -0.1) is 0 Å². The standard InChI is InChI=1S/C30H56O18.C24H44O16/c1-14(31)9-42-13-16-19(32)21(34)26(41-8)29(3,45-16)48-25-18(12-39-6)46-30(4,27(23(25)36)43-10-15(2)40-7)47-24-17(11-38-5)44-28(37)22(35)20(24)33;1-30-7-10-13(25)14(26)20(34-5)23(37-10)40-18-12(9-32-3)38-24(21(35-6)16(18)28)39-17-11(8-31-2)36-22(29)19(33-4)15(17)27/h14-28,31-37H,9-13H2,1-8H3;10-29H,7-9H2,1-6H3/t14?,15?,16-,17-,18?,19+,20?,21?,22?,23?,24+,25+,26?,27-,28+,29-,30-;10-,11-,12?,13+,14?,15?,16?,17+,18+,19?,20?,21-,22+,23-,24-/m00/s1. The van der Waals surface area contributed by atoms with Crippen LogP contribution in [0, 0.1) is 0 Å². The molecular formula is C54H100O34. The zero-order valence-electron chi connectivity index (χ0n) is 52.3. The predicted molar refractivity (Wildman–Crippen MR) is 290 cm³/mol. The van der Waals surface area contributed by atoms with E-state index in [-0.39, 0.29) is 52.9 Å². The van der Waals surface area contributed by atoms with Gasteiger partial charge in [-0.2, -0.15) is 0 Å². The quantitative estimate of drug-likeness (QED) is 0.0318. The molecule has 0 aromatic carbocycles. The van der Waals surface area contributed by atoms with E-state index >= 15 is 0 Å². The normalized spacial score (nSPS) is 45.8. The van der Waals surface area contributed by atoms with Crippen molar-refractivity contribution in [1.29, 1.82) is 0 Å². The maximum absolute atomic E-state index is 12.0. The number of hydrogen-bond acceptors (Lipinski definition) is 34. The van der Waals surface area contributed by atoms with Crippen LogP contribution in [0.1, 0.15) is 27.7 Å². The Balaban J connectivity index is 0.000000326. The second kappa shape index (κ2) is 35.9. The van der Waals surface area contributed by atoms with Crippen molar-refractivity contribution in [2.75, 3.05) is 124 Å². The van der Waals surface area contributed by atoms with E-state index in [2.05, 4.69) is 0 Å². The Morgan fingerprint density at radius 1 is 0.375 bits per heavy atom. The highest BCUT2D eigenvalue weighted by Crippen LogP contribution is 2.43. The number of rotatable bonds is 30. The zero-order chi connectivity index (χ0) is 65.5. The second-order valence-corrected chi connectivity index (χ2v) is 22.6. The first-order chi connectivity index (χ1) is 41.7. The summed E-state index contributed by atoms with van der Waals surface area (Å²) in [5.74, 6) is -3.72. The summed E-state index contributed by atoms with van der Waals surface area (Å²) < 4.78 is 125. The topological polar surface area (TPSA) is 446 Å². The van der Waals surface area contributed by atoms with E-state index < -0.39 is 195 Å². The molecule has 0 aliphatic carbocycles. The minimum absolute atomic E-state index is 0.0381. The molecule has 0 spiro atoms. The minimum atomic E-state index is -1.89. The first-order valence-electron chi connectivity index (χ1n) is 28.8. The van der Waals surface area contributed by atoms with Crippen LogP contribution in [0.5, 0.6) is 0 Å². The summed E-state index contributed by atoms with van der Waals surface area (Å²) in [7, 11) is 13.7. The largest absolute Gasteiger partial charge is 0.391 e. The van der Waals surface area contributed by atoms with Crippen molar-refractivity contribution in [3.63, 3.8) is 0 Å². The highest BCUT2D eigenvalue weighted by molar-refractivity contribution is 5.04. The van der Waals surface area contributed by atoms with Crippen LogP contribution < -0.4 is 0 Å². The molecule has 0 aromatic rings. The molecule has 0 aromatic heterocycles. The van der Waals surface area contributed by atoms with Crippen molar-refractivity contribution in [2.45, 2.75) is 223 Å². The van der Waals surface area contributed by atoms with Gasteiger partial charge in [-0.3, -0.25) is 0 Å². The van der Waals surface area contributed by atoms with Gasteiger partial charge in [-0.05, 0) is 27.7 Å². The Bertz CT molecular complexity index is 1940. The lowest BCUT2D eigenvalue weighted by molar-refractivity contribution is -0.431. The molecule has 32 atom stereocenters. The van der Waals surface area contributed by atoms with E-state index in [4.69, 9.17) is 104 Å². The molecule has 6 aliphatic heterocycles. The molecule has 6 fully saturated rings. The molecule has 88 heavy (non-hydrogen) atoms. The Morgan fingerprint density at radius 3 is 1.31 bits per heavy atom. The fraction of sp³-hybridized carbons (Fsp3) is 1.00. The van der Waals surface area contributed by atoms with Crippen LogP contribution in [0.25, 0.3) is 0 Å². The fourth-order valence-corrected chi connectivity index (χ4v) is 11.4. The van der Waals surface area contributed by atoms with Gasteiger partial charge in [0.15, 0.2) is 36.7 Å². The number of aliphatic hydroxyl groups excluding tert-OH is 12. The lowest BCUT2D eigenvalue weighted by Gasteiger charge is -2.55. The van der Waals surface area contributed by atoms with Gasteiger partial charge in [0.05, 0.1) is 65.1 Å². The van der Waals surface area contributed by atoms with E-state index in [1.165, 1.54) is 91.9 Å². The van der Waals surface area contributed by atoms with Crippen molar-refractivity contribution in [3.05, 3.63) is 0 Å². The van der Waals surface area contributed by atoms with Gasteiger partial charge in [0.1, 0.15) is 146 Å². The van der Waals surface area contributed by atoms with E-state index in [0.717, 1.165) is 0 Å². The molecule has 0 amide bonds. The predicted octanol–water partition coefficient (Wildman–Crippen LogP) is -7.01. The van der Waals surface area contributed by atoms with Gasteiger partial charge in [-0.25, -0.2) is 0 Å². The van der Waals surface area contributed by atoms with Crippen molar-refractivity contribution < 1.29 is 165 Å². The number of methoxy groups -OCH3 is 10. The molecule has 34 heteroatoms. The lowest BCUT2D eigenvalue weighted by Crippen LogP contribution is -2.72. The lowest BCUT2D eigenvalue weighted by atomic mass is 9.89. The van der Waals surface area contributed by atoms with E-state index in [1.807, 2.05) is 0 Å². The average molecular weight is 1290 g/mol. The van der Waals surface area contributed by atoms with Crippen LogP contribution in [-0.2, 0) is 104 Å². The number of hydrogen-bond donors (Lipinski definition) is 12. The third kappa shape index (κ3) is 18.6. The molecule has 12 N–H and O–H groups in total. The van der Waals surface area contributed by atoms with Gasteiger partial charge in [0.25, 0.3) is 0 Å². The molecule has 14 unspecified atom stereocenters. The van der Waals surface area contributed by atoms with Crippen LogP contribution in [0.3, 0.4) is 0 Å². The average Bonchev–Trinajstić information content (AvgIpc) is 1.03. The summed E-state index contributed by atoms with van der Waals surface area (Å²) in [5, 5.41) is 129. The third-order valence-electron chi connectivity index (χ3n) is 16.0. The first-order valence-corrected chi connectivity index (χ1v) is 28.8. The van der Waals surface area contributed by atoms with Crippen LogP contribution in [0.4, 0.5) is 0 Å². The highest BCUT2D eigenvalue weighted by Gasteiger charge is 2.62. The van der Waals surface area contributed by atoms with Crippen molar-refractivity contribution in [2.24, 2.45) is 0 Å². The number of aliphatic hydroxyl groups is 12. The summed E-state index contributed by atoms with van der Waals surface area (Å²) >= 11 is 0. The van der Waals surface area contributed by atoms with E-state index in [1.54, 1.807) is 6.92 Å². The third-order valence-corrected chi connectivity index (χ3v) is 16.0. The van der Waals surface area contributed by atoms with Gasteiger partial charge < -0.3 is 165 Å². The van der Waals surface area contributed by atoms with Crippen molar-refractivity contribution in [1.82, 2.24) is 0 Å². The highest BCUT2D eigenvalue weighted by atomic mass is 16.8. The number of ether oxygens (including phenoxy) is 22. The SMILES string of the molecule is COCC1O[C@@H](O[C@H]2C(O)C(OC)[C@H](O)O[C@H]2COC)[C@@H](OC)C(O)[C@@H]1O[C@@H]1O[C@@H](COC)[C@@H](O)C(O)C1OC.COCC1O[C@@](C)(O[C@H]2C(O)C(O)[C@H](O)O[C@H]2COC)[C@@H](OCC(C)OC)C(O)[C@@H]1O[C@]1(C)O[C@@H](COCC(C)O)[C@@H](O)C(O)C1OC. The Morgan fingerprint density at radius 2 is 0.795 bits per heavy atom. The molecule has 0 bridgehead atoms. The molecule has 6 rings (SSSR count).